The van der Waals surface area contributed by atoms with Crippen molar-refractivity contribution in [1.82, 2.24) is 9.21 Å². The summed E-state index contributed by atoms with van der Waals surface area (Å²) in [5.74, 6) is -1.23. The van der Waals surface area contributed by atoms with E-state index in [0.717, 1.165) is 23.8 Å². The van der Waals surface area contributed by atoms with Crippen molar-refractivity contribution in [3.05, 3.63) is 65.7 Å². The number of rotatable bonds is 7. The molecule has 0 unspecified atom stereocenters. The molecule has 2 fully saturated rings. The fourth-order valence-electron chi connectivity index (χ4n) is 5.70. The minimum Gasteiger partial charge on any atom is -0.444 e. The Labute approximate surface area is 232 Å². The molecule has 12 heteroatoms. The normalized spacial score (nSPS) is 22.5. The number of carbonyl (C=O) groups is 2. The first kappa shape index (κ1) is 29.9. The predicted molar refractivity (Wildman–Crippen MR) is 141 cm³/mol. The Morgan fingerprint density at radius 1 is 1.05 bits per heavy atom. The number of fused-ring (bicyclic) bond motifs is 1. The second-order valence-electron chi connectivity index (χ2n) is 11.4. The Bertz CT molecular complexity index is 1340. The van der Waals surface area contributed by atoms with Crippen molar-refractivity contribution in [3.8, 4) is 0 Å². The lowest BCUT2D eigenvalue weighted by Gasteiger charge is -2.38. The van der Waals surface area contributed by atoms with E-state index in [2.05, 4.69) is 0 Å². The van der Waals surface area contributed by atoms with Crippen LogP contribution in [0.2, 0.25) is 0 Å². The minimum atomic E-state index is -4.69. The van der Waals surface area contributed by atoms with Crippen LogP contribution in [-0.2, 0) is 32.2 Å². The first-order chi connectivity index (χ1) is 18.6. The number of hydrogen-bond acceptors (Lipinski definition) is 5. The molecule has 2 aromatic rings. The molecule has 1 saturated carbocycles. The van der Waals surface area contributed by atoms with E-state index in [0.29, 0.717) is 18.9 Å². The molecule has 1 aliphatic heterocycles. The molecule has 2 aromatic carbocycles. The number of ether oxygens (including phenoxy) is 1. The Balaban J connectivity index is 1.64. The molecule has 40 heavy (non-hydrogen) atoms. The van der Waals surface area contributed by atoms with Crippen LogP contribution in [0.1, 0.15) is 44.7 Å². The van der Waals surface area contributed by atoms with Crippen molar-refractivity contribution < 1.29 is 35.9 Å². The van der Waals surface area contributed by atoms with Gasteiger partial charge in [-0.05, 0) is 69.2 Å². The highest BCUT2D eigenvalue weighted by Gasteiger charge is 2.51. The molecule has 2 aliphatic rings. The molecule has 2 N–H and O–H groups in total. The van der Waals surface area contributed by atoms with E-state index in [4.69, 9.17) is 10.5 Å². The fourth-order valence-corrected chi connectivity index (χ4v) is 7.28. The highest BCUT2D eigenvalue weighted by molar-refractivity contribution is 7.89. The van der Waals surface area contributed by atoms with Gasteiger partial charge < -0.3 is 10.5 Å². The van der Waals surface area contributed by atoms with Crippen molar-refractivity contribution in [2.75, 3.05) is 13.1 Å². The molecule has 0 bridgehead atoms. The SMILES string of the molecule is CC(C)(C)OC(=O)N([C@@H](Cc1ccccc1)C(N)=O)[C@H]1CC[C@@H]2CN(S(=O)(=O)c3cccc(C(F)(F)F)c3)C[C@@H]21. The lowest BCUT2D eigenvalue weighted by atomic mass is 9.94. The third-order valence-electron chi connectivity index (χ3n) is 7.48. The fraction of sp³-hybridized carbons (Fsp3) is 0.500. The molecule has 8 nitrogen and oxygen atoms in total. The molecule has 1 aliphatic carbocycles. The lowest BCUT2D eigenvalue weighted by Crippen LogP contribution is -2.56. The smallest absolute Gasteiger partial charge is 0.416 e. The van der Waals surface area contributed by atoms with Gasteiger partial charge in [-0.1, -0.05) is 36.4 Å². The number of alkyl halides is 3. The maximum atomic E-state index is 13.6. The van der Waals surface area contributed by atoms with Gasteiger partial charge >= 0.3 is 12.3 Å². The van der Waals surface area contributed by atoms with Crippen LogP contribution in [0.3, 0.4) is 0 Å². The number of nitrogens with two attached hydrogens (primary N) is 1. The van der Waals surface area contributed by atoms with Gasteiger partial charge in [0.15, 0.2) is 0 Å². The third kappa shape index (κ3) is 6.43. The number of carbonyl (C=O) groups excluding carboxylic acids is 2. The topological polar surface area (TPSA) is 110 Å². The number of primary amides is 1. The van der Waals surface area contributed by atoms with Gasteiger partial charge in [-0.15, -0.1) is 0 Å². The molecular formula is C28H34F3N3O5S. The average molecular weight is 582 g/mol. The maximum Gasteiger partial charge on any atom is 0.416 e. The van der Waals surface area contributed by atoms with Gasteiger partial charge in [0.25, 0.3) is 0 Å². The van der Waals surface area contributed by atoms with Gasteiger partial charge in [-0.3, -0.25) is 9.69 Å². The standard InChI is InChI=1S/C28H34F3N3O5S/c1-27(2,3)39-26(36)34(24(25(32)35)14-18-8-5-4-6-9-18)23-13-12-19-16-33(17-22(19)23)40(37,38)21-11-7-10-20(15-21)28(29,30)31/h4-11,15,19,22-24H,12-14,16-17H2,1-3H3,(H2,32,35)/t19-,22+,23+,24+/m1/s1. The van der Waals surface area contributed by atoms with Crippen LogP contribution in [0.25, 0.3) is 0 Å². The van der Waals surface area contributed by atoms with E-state index in [9.17, 15) is 31.2 Å². The van der Waals surface area contributed by atoms with Gasteiger partial charge in [0.1, 0.15) is 11.6 Å². The second kappa shape index (κ2) is 11.0. The summed E-state index contributed by atoms with van der Waals surface area (Å²) in [4.78, 5) is 27.2. The van der Waals surface area contributed by atoms with Crippen molar-refractivity contribution in [1.29, 1.82) is 0 Å². The lowest BCUT2D eigenvalue weighted by molar-refractivity contribution is -0.137. The summed E-state index contributed by atoms with van der Waals surface area (Å²) in [5.41, 5.74) is 4.70. The monoisotopic (exact) mass is 581 g/mol. The second-order valence-corrected chi connectivity index (χ2v) is 13.3. The van der Waals surface area contributed by atoms with E-state index >= 15 is 0 Å². The molecule has 1 heterocycles. The van der Waals surface area contributed by atoms with Crippen LogP contribution in [-0.4, -0.2) is 60.4 Å². The Hall–Kier alpha value is -3.12. The van der Waals surface area contributed by atoms with Crippen molar-refractivity contribution in [2.24, 2.45) is 17.6 Å². The largest absolute Gasteiger partial charge is 0.444 e. The first-order valence-electron chi connectivity index (χ1n) is 13.1. The summed E-state index contributed by atoms with van der Waals surface area (Å²) in [6, 6.07) is 11.2. The van der Waals surface area contributed by atoms with Crippen LogP contribution in [0.15, 0.2) is 59.5 Å². The maximum absolute atomic E-state index is 13.6. The third-order valence-corrected chi connectivity index (χ3v) is 9.31. The number of sulfonamides is 1. The summed E-state index contributed by atoms with van der Waals surface area (Å²) >= 11 is 0. The molecule has 0 aromatic heterocycles. The van der Waals surface area contributed by atoms with Crippen LogP contribution in [0.5, 0.6) is 0 Å². The van der Waals surface area contributed by atoms with E-state index < -0.39 is 56.3 Å². The van der Waals surface area contributed by atoms with Crippen molar-refractivity contribution in [2.45, 2.75) is 68.8 Å². The number of benzene rings is 2. The Morgan fingerprint density at radius 2 is 1.73 bits per heavy atom. The highest BCUT2D eigenvalue weighted by Crippen LogP contribution is 2.44. The van der Waals surface area contributed by atoms with E-state index in [1.54, 1.807) is 20.8 Å². The number of nitrogens with zero attached hydrogens (tertiary/aromatic N) is 2. The van der Waals surface area contributed by atoms with Crippen LogP contribution in [0, 0.1) is 11.8 Å². The van der Waals surface area contributed by atoms with E-state index in [1.165, 1.54) is 9.21 Å². The van der Waals surface area contributed by atoms with E-state index in [1.807, 2.05) is 30.3 Å². The molecule has 1 saturated heterocycles. The van der Waals surface area contributed by atoms with Gasteiger partial charge in [-0.25, -0.2) is 13.2 Å². The molecule has 2 amide bonds. The molecule has 0 radical (unpaired) electrons. The quantitative estimate of drug-likeness (QED) is 0.520. The molecular weight excluding hydrogens is 547 g/mol. The predicted octanol–water partition coefficient (Wildman–Crippen LogP) is 4.44. The zero-order valence-electron chi connectivity index (χ0n) is 22.6. The Kier molecular flexibility index (Phi) is 8.24. The van der Waals surface area contributed by atoms with Gasteiger partial charge in [0, 0.05) is 25.6 Å². The zero-order chi connectivity index (χ0) is 29.5. The van der Waals surface area contributed by atoms with Crippen molar-refractivity contribution in [3.63, 3.8) is 0 Å². The molecule has 0 spiro atoms. The summed E-state index contributed by atoms with van der Waals surface area (Å²) in [5, 5.41) is 0. The van der Waals surface area contributed by atoms with Crippen LogP contribution >= 0.6 is 0 Å². The van der Waals surface area contributed by atoms with E-state index in [-0.39, 0.29) is 31.3 Å². The van der Waals surface area contributed by atoms with Crippen molar-refractivity contribution >= 4 is 22.0 Å². The van der Waals surface area contributed by atoms with Crippen LogP contribution < -0.4 is 5.73 Å². The summed E-state index contributed by atoms with van der Waals surface area (Å²) in [6.07, 6.45) is -4.19. The van der Waals surface area contributed by atoms with Gasteiger partial charge in [0.05, 0.1) is 10.5 Å². The summed E-state index contributed by atoms with van der Waals surface area (Å²) in [6.45, 7) is 5.20. The minimum absolute atomic E-state index is 0.00989. The molecule has 4 rings (SSSR count). The Morgan fingerprint density at radius 3 is 2.33 bits per heavy atom. The zero-order valence-corrected chi connectivity index (χ0v) is 23.4. The highest BCUT2D eigenvalue weighted by atomic mass is 32.2. The summed E-state index contributed by atoms with van der Waals surface area (Å²) in [7, 11) is -4.24. The molecule has 4 atom stereocenters. The first-order valence-corrected chi connectivity index (χ1v) is 14.5. The number of hydrogen-bond donors (Lipinski definition) is 1. The average Bonchev–Trinajstić information content (AvgIpc) is 3.45. The van der Waals surface area contributed by atoms with Crippen LogP contribution in [0.4, 0.5) is 18.0 Å². The van der Waals surface area contributed by atoms with Gasteiger partial charge in [-0.2, -0.15) is 17.5 Å². The summed E-state index contributed by atoms with van der Waals surface area (Å²) < 4.78 is 73.4. The molecule has 218 valence electrons. The number of amides is 2. The number of halogens is 3. The van der Waals surface area contributed by atoms with Gasteiger partial charge in [0.2, 0.25) is 15.9 Å².